The minimum Gasteiger partial charge on any atom is -0.496 e. The Bertz CT molecular complexity index is 654. The first kappa shape index (κ1) is 19.0. The summed E-state index contributed by atoms with van der Waals surface area (Å²) in [5.41, 5.74) is 1.86. The van der Waals surface area contributed by atoms with Gasteiger partial charge in [0.05, 0.1) is 12.7 Å². The molecule has 0 saturated carbocycles. The molecule has 134 valence electrons. The van der Waals surface area contributed by atoms with Crippen molar-refractivity contribution in [2.24, 2.45) is 0 Å². The number of methoxy groups -OCH3 is 1. The predicted molar refractivity (Wildman–Crippen MR) is 102 cm³/mol. The van der Waals surface area contributed by atoms with E-state index in [1.807, 2.05) is 18.2 Å². The Morgan fingerprint density at radius 3 is 2.32 bits per heavy atom. The van der Waals surface area contributed by atoms with Crippen molar-refractivity contribution in [1.29, 1.82) is 0 Å². The molecular weight excluding hydrogens is 312 g/mol. The van der Waals surface area contributed by atoms with Gasteiger partial charge in [-0.15, -0.1) is 0 Å². The second kappa shape index (κ2) is 9.84. The summed E-state index contributed by atoms with van der Waals surface area (Å²) in [5.74, 6) is 0.505. The number of para-hydroxylation sites is 1. The monoisotopic (exact) mass is 340 g/mol. The molecule has 1 amide bonds. The fourth-order valence-electron chi connectivity index (χ4n) is 3.09. The second-order valence-electron chi connectivity index (χ2n) is 5.98. The number of hydrogen-bond donors (Lipinski definition) is 1. The number of likely N-dealkylation sites (N-methyl/N-ethyl adjacent to an activating group) is 1. The molecule has 2 rings (SSSR count). The van der Waals surface area contributed by atoms with Crippen LogP contribution in [0.1, 0.15) is 29.8 Å². The van der Waals surface area contributed by atoms with E-state index in [1.165, 1.54) is 5.56 Å². The minimum absolute atomic E-state index is 0.0948. The smallest absolute Gasteiger partial charge is 0.255 e. The first-order chi connectivity index (χ1) is 12.2. The number of carbonyl (C=O) groups is 1. The highest BCUT2D eigenvalue weighted by Crippen LogP contribution is 2.17. The number of nitrogens with one attached hydrogen (secondary N) is 1. The van der Waals surface area contributed by atoms with Crippen molar-refractivity contribution < 1.29 is 9.53 Å². The van der Waals surface area contributed by atoms with Gasteiger partial charge in [0.25, 0.3) is 5.91 Å². The van der Waals surface area contributed by atoms with Gasteiger partial charge in [0.15, 0.2) is 0 Å². The number of ether oxygens (including phenoxy) is 1. The summed E-state index contributed by atoms with van der Waals surface area (Å²) >= 11 is 0. The van der Waals surface area contributed by atoms with Gasteiger partial charge in [0.1, 0.15) is 5.75 Å². The highest BCUT2D eigenvalue weighted by atomic mass is 16.5. The zero-order valence-corrected chi connectivity index (χ0v) is 15.4. The normalized spacial score (nSPS) is 12.0. The molecular formula is C21H28N2O2. The van der Waals surface area contributed by atoms with Gasteiger partial charge in [0.2, 0.25) is 0 Å². The lowest BCUT2D eigenvalue weighted by molar-refractivity contribution is 0.0931. The van der Waals surface area contributed by atoms with Crippen LogP contribution in [-0.2, 0) is 6.42 Å². The fourth-order valence-corrected chi connectivity index (χ4v) is 3.09. The summed E-state index contributed by atoms with van der Waals surface area (Å²) in [4.78, 5) is 15.0. The van der Waals surface area contributed by atoms with Crippen LogP contribution >= 0.6 is 0 Å². The summed E-state index contributed by atoms with van der Waals surface area (Å²) in [6, 6.07) is 18.0. The molecule has 1 atom stereocenters. The molecule has 0 fully saturated rings. The zero-order chi connectivity index (χ0) is 18.1. The Labute approximate surface area is 150 Å². The summed E-state index contributed by atoms with van der Waals surface area (Å²) in [6.45, 7) is 6.83. The van der Waals surface area contributed by atoms with E-state index in [0.717, 1.165) is 19.5 Å². The highest BCUT2D eigenvalue weighted by Gasteiger charge is 2.19. The van der Waals surface area contributed by atoms with Gasteiger partial charge in [-0.05, 0) is 37.2 Å². The third kappa shape index (κ3) is 5.33. The molecule has 25 heavy (non-hydrogen) atoms. The van der Waals surface area contributed by atoms with Crippen LogP contribution in [0, 0.1) is 0 Å². The third-order valence-electron chi connectivity index (χ3n) is 4.49. The molecule has 0 spiro atoms. The van der Waals surface area contributed by atoms with E-state index in [1.54, 1.807) is 19.2 Å². The van der Waals surface area contributed by atoms with Crippen molar-refractivity contribution in [3.05, 3.63) is 65.7 Å². The van der Waals surface area contributed by atoms with Crippen molar-refractivity contribution in [3.63, 3.8) is 0 Å². The maximum atomic E-state index is 12.6. The molecule has 0 bridgehead atoms. The Hall–Kier alpha value is -2.33. The molecule has 2 aromatic rings. The summed E-state index contributed by atoms with van der Waals surface area (Å²) in [7, 11) is 1.58. The molecule has 0 heterocycles. The third-order valence-corrected chi connectivity index (χ3v) is 4.49. The maximum Gasteiger partial charge on any atom is 0.255 e. The van der Waals surface area contributed by atoms with Crippen molar-refractivity contribution in [2.75, 3.05) is 26.7 Å². The number of rotatable bonds is 9. The molecule has 2 aromatic carbocycles. The van der Waals surface area contributed by atoms with Gasteiger partial charge in [-0.25, -0.2) is 0 Å². The lowest BCUT2D eigenvalue weighted by atomic mass is 10.0. The van der Waals surface area contributed by atoms with Gasteiger partial charge >= 0.3 is 0 Å². The molecule has 0 aliphatic heterocycles. The Balaban J connectivity index is 2.07. The standard InChI is InChI=1S/C21H28N2O2/c1-4-23(5-2)18(15-17-11-7-6-8-12-17)16-22-21(24)19-13-9-10-14-20(19)25-3/h6-14,18H,4-5,15-16H2,1-3H3,(H,22,24). The summed E-state index contributed by atoms with van der Waals surface area (Å²) < 4.78 is 5.29. The average molecular weight is 340 g/mol. The highest BCUT2D eigenvalue weighted by molar-refractivity contribution is 5.96. The minimum atomic E-state index is -0.0948. The predicted octanol–water partition coefficient (Wildman–Crippen LogP) is 3.38. The SMILES string of the molecule is CCN(CC)C(CNC(=O)c1ccccc1OC)Cc1ccccc1. The molecule has 0 aromatic heterocycles. The number of carbonyl (C=O) groups excluding carboxylic acids is 1. The molecule has 0 aliphatic rings. The molecule has 4 nitrogen and oxygen atoms in total. The van der Waals surface area contributed by atoms with Crippen LogP contribution in [0.4, 0.5) is 0 Å². The molecule has 4 heteroatoms. The molecule has 0 aliphatic carbocycles. The largest absolute Gasteiger partial charge is 0.496 e. The Kier molecular flexibility index (Phi) is 7.48. The van der Waals surface area contributed by atoms with Gasteiger partial charge in [0, 0.05) is 12.6 Å². The topological polar surface area (TPSA) is 41.6 Å². The first-order valence-electron chi connectivity index (χ1n) is 8.88. The van der Waals surface area contributed by atoms with Gasteiger partial charge < -0.3 is 10.1 Å². The van der Waals surface area contributed by atoms with Crippen LogP contribution in [-0.4, -0.2) is 43.6 Å². The molecule has 1 unspecified atom stereocenters. The van der Waals surface area contributed by atoms with Crippen molar-refractivity contribution in [3.8, 4) is 5.75 Å². The zero-order valence-electron chi connectivity index (χ0n) is 15.4. The van der Waals surface area contributed by atoms with Gasteiger partial charge in [-0.3, -0.25) is 9.69 Å². The van der Waals surface area contributed by atoms with E-state index in [9.17, 15) is 4.79 Å². The van der Waals surface area contributed by atoms with Gasteiger partial charge in [-0.2, -0.15) is 0 Å². The maximum absolute atomic E-state index is 12.6. The summed E-state index contributed by atoms with van der Waals surface area (Å²) in [5, 5.41) is 3.08. The van der Waals surface area contributed by atoms with Crippen LogP contribution < -0.4 is 10.1 Å². The number of amides is 1. The van der Waals surface area contributed by atoms with E-state index in [2.05, 4.69) is 48.3 Å². The van der Waals surface area contributed by atoms with E-state index in [0.29, 0.717) is 17.9 Å². The van der Waals surface area contributed by atoms with Crippen LogP contribution in [0.5, 0.6) is 5.75 Å². The first-order valence-corrected chi connectivity index (χ1v) is 8.88. The molecule has 0 saturated heterocycles. The van der Waals surface area contributed by atoms with E-state index in [4.69, 9.17) is 4.74 Å². The molecule has 1 N–H and O–H groups in total. The lowest BCUT2D eigenvalue weighted by Gasteiger charge is -2.30. The van der Waals surface area contributed by atoms with Crippen LogP contribution in [0.3, 0.4) is 0 Å². The Morgan fingerprint density at radius 1 is 1.04 bits per heavy atom. The van der Waals surface area contributed by atoms with Crippen LogP contribution in [0.15, 0.2) is 54.6 Å². The van der Waals surface area contributed by atoms with E-state index >= 15 is 0 Å². The number of hydrogen-bond acceptors (Lipinski definition) is 3. The quantitative estimate of drug-likeness (QED) is 0.761. The second-order valence-corrected chi connectivity index (χ2v) is 5.98. The van der Waals surface area contributed by atoms with Gasteiger partial charge in [-0.1, -0.05) is 56.3 Å². The van der Waals surface area contributed by atoms with Crippen molar-refractivity contribution in [2.45, 2.75) is 26.3 Å². The fraction of sp³-hybridized carbons (Fsp3) is 0.381. The summed E-state index contributed by atoms with van der Waals surface area (Å²) in [6.07, 6.45) is 0.911. The van der Waals surface area contributed by atoms with Crippen molar-refractivity contribution in [1.82, 2.24) is 10.2 Å². The van der Waals surface area contributed by atoms with E-state index in [-0.39, 0.29) is 11.9 Å². The van der Waals surface area contributed by atoms with E-state index < -0.39 is 0 Å². The average Bonchev–Trinajstić information content (AvgIpc) is 2.67. The Morgan fingerprint density at radius 2 is 1.68 bits per heavy atom. The van der Waals surface area contributed by atoms with Crippen LogP contribution in [0.25, 0.3) is 0 Å². The lowest BCUT2D eigenvalue weighted by Crippen LogP contribution is -2.45. The molecule has 0 radical (unpaired) electrons. The van der Waals surface area contributed by atoms with Crippen LogP contribution in [0.2, 0.25) is 0 Å². The number of nitrogens with zero attached hydrogens (tertiary/aromatic N) is 1. The number of benzene rings is 2. The van der Waals surface area contributed by atoms with Crippen molar-refractivity contribution >= 4 is 5.91 Å².